The van der Waals surface area contributed by atoms with Gasteiger partial charge in [-0.2, -0.15) is 11.8 Å². The molecule has 0 fully saturated rings. The summed E-state index contributed by atoms with van der Waals surface area (Å²) in [5, 5.41) is 5.13. The first-order valence-corrected chi connectivity index (χ1v) is 7.44. The molecule has 0 saturated carbocycles. The fourth-order valence-corrected chi connectivity index (χ4v) is 2.77. The summed E-state index contributed by atoms with van der Waals surface area (Å²) in [6.07, 6.45) is 0.741. The summed E-state index contributed by atoms with van der Waals surface area (Å²) in [6, 6.07) is 6.90. The zero-order chi connectivity index (χ0) is 11.3. The lowest BCUT2D eigenvalue weighted by Gasteiger charge is -2.06. The first-order valence-electron chi connectivity index (χ1n) is 4.74. The quantitative estimate of drug-likeness (QED) is 0.802. The van der Waals surface area contributed by atoms with Gasteiger partial charge in [0.25, 0.3) is 0 Å². The van der Waals surface area contributed by atoms with Crippen LogP contribution in [0.3, 0.4) is 0 Å². The topological polar surface area (TPSA) is 60.2 Å². The predicted octanol–water partition coefficient (Wildman–Crippen LogP) is 1.63. The minimum absolute atomic E-state index is 0.252. The monoisotopic (exact) mass is 245 g/mol. The molecule has 0 bridgehead atoms. The smallest absolute Gasteiger partial charge is 0.225 e. The predicted molar refractivity (Wildman–Crippen MR) is 64.5 cm³/mol. The molecule has 2 N–H and O–H groups in total. The van der Waals surface area contributed by atoms with Gasteiger partial charge in [0.1, 0.15) is 0 Å². The minimum atomic E-state index is -3.58. The van der Waals surface area contributed by atoms with Crippen LogP contribution in [0.25, 0.3) is 0 Å². The van der Waals surface area contributed by atoms with Gasteiger partial charge in [0.05, 0.1) is 4.90 Å². The van der Waals surface area contributed by atoms with Crippen molar-refractivity contribution in [3.8, 4) is 0 Å². The van der Waals surface area contributed by atoms with Gasteiger partial charge in [0.2, 0.25) is 10.0 Å². The summed E-state index contributed by atoms with van der Waals surface area (Å²) in [7, 11) is -3.58. The van der Waals surface area contributed by atoms with Crippen LogP contribution in [0.4, 0.5) is 0 Å². The Morgan fingerprint density at radius 3 is 2.60 bits per heavy atom. The molecule has 0 atom stereocenters. The molecule has 0 radical (unpaired) electrons. The van der Waals surface area contributed by atoms with Crippen LogP contribution in [0.5, 0.6) is 0 Å². The van der Waals surface area contributed by atoms with E-state index >= 15 is 0 Å². The second kappa shape index (κ2) is 5.53. The summed E-state index contributed by atoms with van der Waals surface area (Å²) in [5.74, 6) is 1.96. The first kappa shape index (κ1) is 12.5. The van der Waals surface area contributed by atoms with Crippen molar-refractivity contribution in [1.82, 2.24) is 0 Å². The Kier molecular flexibility index (Phi) is 4.63. The van der Waals surface area contributed by atoms with Gasteiger partial charge in [-0.1, -0.05) is 25.1 Å². The average molecular weight is 245 g/mol. The lowest BCUT2D eigenvalue weighted by atomic mass is 10.2. The molecular formula is C10H15NO2S2. The third kappa shape index (κ3) is 3.85. The molecule has 0 unspecified atom stereocenters. The van der Waals surface area contributed by atoms with Crippen LogP contribution in [0.15, 0.2) is 29.2 Å². The maximum Gasteiger partial charge on any atom is 0.238 e. The number of aryl methyl sites for hydroxylation is 1. The number of rotatable bonds is 5. The van der Waals surface area contributed by atoms with Gasteiger partial charge in [0.15, 0.2) is 0 Å². The molecule has 1 rings (SSSR count). The number of nitrogens with two attached hydrogens (primary N) is 1. The van der Waals surface area contributed by atoms with Crippen molar-refractivity contribution in [3.63, 3.8) is 0 Å². The normalized spacial score (nSPS) is 11.6. The van der Waals surface area contributed by atoms with Crippen molar-refractivity contribution in [2.75, 3.05) is 11.5 Å². The summed E-state index contributed by atoms with van der Waals surface area (Å²) >= 11 is 1.79. The Hall–Kier alpha value is -0.520. The maximum atomic E-state index is 11.3. The van der Waals surface area contributed by atoms with Crippen LogP contribution < -0.4 is 5.14 Å². The van der Waals surface area contributed by atoms with Crippen molar-refractivity contribution < 1.29 is 8.42 Å². The molecule has 5 heteroatoms. The van der Waals surface area contributed by atoms with Gasteiger partial charge in [-0.25, -0.2) is 13.6 Å². The van der Waals surface area contributed by atoms with Crippen molar-refractivity contribution in [2.45, 2.75) is 18.2 Å². The summed E-state index contributed by atoms with van der Waals surface area (Å²) in [6.45, 7) is 2.08. The van der Waals surface area contributed by atoms with E-state index in [2.05, 4.69) is 6.92 Å². The van der Waals surface area contributed by atoms with Crippen LogP contribution in [0.1, 0.15) is 12.5 Å². The van der Waals surface area contributed by atoms with E-state index in [-0.39, 0.29) is 4.90 Å². The third-order valence-corrected chi connectivity index (χ3v) is 3.91. The van der Waals surface area contributed by atoms with Gasteiger partial charge in [-0.3, -0.25) is 0 Å². The highest BCUT2D eigenvalue weighted by Gasteiger charge is 2.12. The molecule has 3 nitrogen and oxygen atoms in total. The SMILES string of the molecule is CCSCCc1ccccc1S(N)(=O)=O. The number of hydrogen-bond donors (Lipinski definition) is 1. The van der Waals surface area contributed by atoms with E-state index in [1.807, 2.05) is 12.1 Å². The highest BCUT2D eigenvalue weighted by molar-refractivity contribution is 7.99. The molecule has 0 spiro atoms. The van der Waals surface area contributed by atoms with Crippen LogP contribution in [0, 0.1) is 0 Å². The molecule has 0 amide bonds. The van der Waals surface area contributed by atoms with E-state index in [0.717, 1.165) is 23.5 Å². The van der Waals surface area contributed by atoms with Crippen molar-refractivity contribution in [2.24, 2.45) is 5.14 Å². The molecule has 1 aromatic rings. The number of primary sulfonamides is 1. The van der Waals surface area contributed by atoms with Crippen molar-refractivity contribution in [1.29, 1.82) is 0 Å². The van der Waals surface area contributed by atoms with Crippen molar-refractivity contribution in [3.05, 3.63) is 29.8 Å². The van der Waals surface area contributed by atoms with Crippen LogP contribution in [0.2, 0.25) is 0 Å². The molecule has 1 aromatic carbocycles. The Morgan fingerprint density at radius 1 is 1.33 bits per heavy atom. The molecule has 0 aromatic heterocycles. The van der Waals surface area contributed by atoms with Crippen LogP contribution in [-0.2, 0) is 16.4 Å². The van der Waals surface area contributed by atoms with E-state index in [1.165, 1.54) is 0 Å². The van der Waals surface area contributed by atoms with E-state index in [0.29, 0.717) is 0 Å². The van der Waals surface area contributed by atoms with E-state index in [9.17, 15) is 8.42 Å². The first-order chi connectivity index (χ1) is 7.05. The fourth-order valence-electron chi connectivity index (χ4n) is 1.31. The molecule has 0 aliphatic rings. The molecule has 0 saturated heterocycles. The van der Waals surface area contributed by atoms with Gasteiger partial charge >= 0.3 is 0 Å². The average Bonchev–Trinajstić information content (AvgIpc) is 2.17. The van der Waals surface area contributed by atoms with Crippen LogP contribution >= 0.6 is 11.8 Å². The lowest BCUT2D eigenvalue weighted by Crippen LogP contribution is -2.14. The summed E-state index contributed by atoms with van der Waals surface area (Å²) in [5.41, 5.74) is 0.806. The standard InChI is InChI=1S/C10H15NO2S2/c1-2-14-8-7-9-5-3-4-6-10(9)15(11,12)13/h3-6H,2,7-8H2,1H3,(H2,11,12,13). The molecule has 0 heterocycles. The van der Waals surface area contributed by atoms with E-state index < -0.39 is 10.0 Å². The third-order valence-electron chi connectivity index (χ3n) is 2.00. The second-order valence-electron chi connectivity index (χ2n) is 3.10. The number of sulfonamides is 1. The highest BCUT2D eigenvalue weighted by Crippen LogP contribution is 2.16. The van der Waals surface area contributed by atoms with Gasteiger partial charge in [0, 0.05) is 0 Å². The fraction of sp³-hybridized carbons (Fsp3) is 0.400. The second-order valence-corrected chi connectivity index (χ2v) is 6.02. The lowest BCUT2D eigenvalue weighted by molar-refractivity contribution is 0.597. The molecular weight excluding hydrogens is 230 g/mol. The Balaban J connectivity index is 2.88. The highest BCUT2D eigenvalue weighted by atomic mass is 32.2. The zero-order valence-electron chi connectivity index (χ0n) is 8.64. The molecule has 0 aliphatic heterocycles. The van der Waals surface area contributed by atoms with Crippen molar-refractivity contribution >= 4 is 21.8 Å². The maximum absolute atomic E-state index is 11.3. The van der Waals surface area contributed by atoms with E-state index in [4.69, 9.17) is 5.14 Å². The zero-order valence-corrected chi connectivity index (χ0v) is 10.3. The Bertz CT molecular complexity index is 415. The van der Waals surface area contributed by atoms with Gasteiger partial charge < -0.3 is 0 Å². The van der Waals surface area contributed by atoms with Gasteiger partial charge in [-0.05, 0) is 29.6 Å². The Morgan fingerprint density at radius 2 is 2.00 bits per heavy atom. The number of hydrogen-bond acceptors (Lipinski definition) is 3. The molecule has 0 aliphatic carbocycles. The Labute approximate surface area is 95.1 Å². The summed E-state index contributed by atoms with van der Waals surface area (Å²) < 4.78 is 22.5. The van der Waals surface area contributed by atoms with E-state index in [1.54, 1.807) is 23.9 Å². The molecule has 84 valence electrons. The van der Waals surface area contributed by atoms with Crippen LogP contribution in [-0.4, -0.2) is 19.9 Å². The summed E-state index contributed by atoms with van der Waals surface area (Å²) in [4.78, 5) is 0.252. The van der Waals surface area contributed by atoms with Gasteiger partial charge in [-0.15, -0.1) is 0 Å². The molecule has 15 heavy (non-hydrogen) atoms. The number of benzene rings is 1. The largest absolute Gasteiger partial charge is 0.238 e. The minimum Gasteiger partial charge on any atom is -0.225 e. The number of thioether (sulfide) groups is 1.